The number of benzene rings is 1. The van der Waals surface area contributed by atoms with Gasteiger partial charge >= 0.3 is 0 Å². The fourth-order valence-corrected chi connectivity index (χ4v) is 2.32. The van der Waals surface area contributed by atoms with Gasteiger partial charge in [0.1, 0.15) is 5.75 Å². The molecule has 0 amide bonds. The molecule has 1 fully saturated rings. The number of aliphatic hydroxyl groups is 1. The molecule has 1 heterocycles. The number of anilines is 1. The standard InChI is InChI=1S/C12H16ClNO2/c1-16-12-3-2-10(6-11(12)13)14-5-4-9(7-14)8-15/h2-3,6,9,15H,4-5,7-8H2,1H3. The van der Waals surface area contributed by atoms with Crippen molar-refractivity contribution in [1.29, 1.82) is 0 Å². The maximum atomic E-state index is 9.09. The quantitative estimate of drug-likeness (QED) is 0.881. The third-order valence-corrected chi connectivity index (χ3v) is 3.34. The molecule has 1 aliphatic heterocycles. The van der Waals surface area contributed by atoms with Crippen LogP contribution in [0, 0.1) is 5.92 Å². The largest absolute Gasteiger partial charge is 0.495 e. The zero-order valence-electron chi connectivity index (χ0n) is 9.32. The Morgan fingerprint density at radius 2 is 2.38 bits per heavy atom. The smallest absolute Gasteiger partial charge is 0.137 e. The zero-order chi connectivity index (χ0) is 11.5. The summed E-state index contributed by atoms with van der Waals surface area (Å²) in [5, 5.41) is 9.73. The maximum absolute atomic E-state index is 9.09. The van der Waals surface area contributed by atoms with Crippen LogP contribution in [0.2, 0.25) is 5.02 Å². The predicted molar refractivity (Wildman–Crippen MR) is 65.4 cm³/mol. The molecular weight excluding hydrogens is 226 g/mol. The number of methoxy groups -OCH3 is 1. The van der Waals surface area contributed by atoms with E-state index in [2.05, 4.69) is 4.90 Å². The molecule has 0 aromatic heterocycles. The molecule has 1 saturated heterocycles. The molecule has 1 unspecified atom stereocenters. The SMILES string of the molecule is COc1ccc(N2CCC(CO)C2)cc1Cl. The third-order valence-electron chi connectivity index (χ3n) is 3.04. The molecule has 0 bridgehead atoms. The van der Waals surface area contributed by atoms with Gasteiger partial charge in [-0.2, -0.15) is 0 Å². The second kappa shape index (κ2) is 4.93. The van der Waals surface area contributed by atoms with E-state index in [1.807, 2.05) is 18.2 Å². The van der Waals surface area contributed by atoms with Crippen LogP contribution in [0.25, 0.3) is 0 Å². The molecule has 1 N–H and O–H groups in total. The summed E-state index contributed by atoms with van der Waals surface area (Å²) in [5.74, 6) is 1.09. The Hall–Kier alpha value is -0.930. The Balaban J connectivity index is 2.13. The first-order chi connectivity index (χ1) is 7.74. The summed E-state index contributed by atoms with van der Waals surface area (Å²) in [7, 11) is 1.61. The number of aliphatic hydroxyl groups excluding tert-OH is 1. The molecule has 1 atom stereocenters. The van der Waals surface area contributed by atoms with Crippen LogP contribution < -0.4 is 9.64 Å². The van der Waals surface area contributed by atoms with Gasteiger partial charge in [-0.15, -0.1) is 0 Å². The minimum Gasteiger partial charge on any atom is -0.495 e. The molecule has 88 valence electrons. The molecule has 0 spiro atoms. The van der Waals surface area contributed by atoms with Crippen molar-refractivity contribution in [2.24, 2.45) is 5.92 Å². The Bertz CT molecular complexity index is 370. The number of ether oxygens (including phenoxy) is 1. The number of rotatable bonds is 3. The topological polar surface area (TPSA) is 32.7 Å². The fourth-order valence-electron chi connectivity index (χ4n) is 2.07. The van der Waals surface area contributed by atoms with Crippen LogP contribution >= 0.6 is 11.6 Å². The molecule has 16 heavy (non-hydrogen) atoms. The van der Waals surface area contributed by atoms with Crippen LogP contribution in [-0.4, -0.2) is 31.9 Å². The van der Waals surface area contributed by atoms with Crippen molar-refractivity contribution < 1.29 is 9.84 Å². The minimum absolute atomic E-state index is 0.264. The fraction of sp³-hybridized carbons (Fsp3) is 0.500. The summed E-state index contributed by atoms with van der Waals surface area (Å²) < 4.78 is 5.11. The van der Waals surface area contributed by atoms with Crippen LogP contribution in [0.5, 0.6) is 5.75 Å². The Morgan fingerprint density at radius 3 is 2.94 bits per heavy atom. The second-order valence-corrected chi connectivity index (χ2v) is 4.51. The molecule has 3 nitrogen and oxygen atoms in total. The molecule has 0 saturated carbocycles. The minimum atomic E-state index is 0.264. The summed E-state index contributed by atoms with van der Waals surface area (Å²) >= 11 is 6.08. The highest BCUT2D eigenvalue weighted by Crippen LogP contribution is 2.31. The van der Waals surface area contributed by atoms with E-state index in [1.54, 1.807) is 7.11 Å². The van der Waals surface area contributed by atoms with E-state index in [-0.39, 0.29) is 6.61 Å². The van der Waals surface area contributed by atoms with Gasteiger partial charge in [-0.05, 0) is 24.6 Å². The van der Waals surface area contributed by atoms with E-state index in [0.717, 1.165) is 25.2 Å². The van der Waals surface area contributed by atoms with Crippen LogP contribution in [-0.2, 0) is 0 Å². The maximum Gasteiger partial charge on any atom is 0.137 e. The lowest BCUT2D eigenvalue weighted by Gasteiger charge is -2.19. The molecule has 0 radical (unpaired) electrons. The lowest BCUT2D eigenvalue weighted by atomic mass is 10.1. The molecule has 2 rings (SSSR count). The molecule has 1 aliphatic rings. The van der Waals surface area contributed by atoms with Crippen molar-refractivity contribution in [1.82, 2.24) is 0 Å². The van der Waals surface area contributed by atoms with Gasteiger partial charge in [-0.1, -0.05) is 11.6 Å². The first-order valence-electron chi connectivity index (χ1n) is 5.44. The number of hydrogen-bond acceptors (Lipinski definition) is 3. The van der Waals surface area contributed by atoms with Crippen molar-refractivity contribution in [3.63, 3.8) is 0 Å². The van der Waals surface area contributed by atoms with Gasteiger partial charge in [0, 0.05) is 31.3 Å². The summed E-state index contributed by atoms with van der Waals surface area (Å²) in [5.41, 5.74) is 1.10. The van der Waals surface area contributed by atoms with Gasteiger partial charge in [-0.25, -0.2) is 0 Å². The Morgan fingerprint density at radius 1 is 1.56 bits per heavy atom. The number of hydrogen-bond donors (Lipinski definition) is 1. The monoisotopic (exact) mass is 241 g/mol. The third kappa shape index (κ3) is 2.25. The molecular formula is C12H16ClNO2. The molecule has 4 heteroatoms. The van der Waals surface area contributed by atoms with Gasteiger partial charge in [0.05, 0.1) is 12.1 Å². The summed E-state index contributed by atoms with van der Waals surface area (Å²) in [6.07, 6.45) is 1.04. The highest BCUT2D eigenvalue weighted by atomic mass is 35.5. The van der Waals surface area contributed by atoms with Crippen molar-refractivity contribution >= 4 is 17.3 Å². The summed E-state index contributed by atoms with van der Waals surface area (Å²) in [6.45, 7) is 2.15. The van der Waals surface area contributed by atoms with Gasteiger partial charge in [0.25, 0.3) is 0 Å². The Kier molecular flexibility index (Phi) is 3.56. The van der Waals surface area contributed by atoms with Gasteiger partial charge < -0.3 is 14.7 Å². The lowest BCUT2D eigenvalue weighted by molar-refractivity contribution is 0.238. The van der Waals surface area contributed by atoms with Crippen molar-refractivity contribution in [2.75, 3.05) is 31.7 Å². The van der Waals surface area contributed by atoms with Gasteiger partial charge in [0.15, 0.2) is 0 Å². The number of nitrogens with zero attached hydrogens (tertiary/aromatic N) is 1. The summed E-state index contributed by atoms with van der Waals surface area (Å²) in [4.78, 5) is 2.24. The van der Waals surface area contributed by atoms with E-state index >= 15 is 0 Å². The molecule has 1 aromatic carbocycles. The van der Waals surface area contributed by atoms with Crippen molar-refractivity contribution in [2.45, 2.75) is 6.42 Å². The zero-order valence-corrected chi connectivity index (χ0v) is 10.1. The summed E-state index contributed by atoms with van der Waals surface area (Å²) in [6, 6.07) is 5.80. The van der Waals surface area contributed by atoms with Crippen LogP contribution in [0.15, 0.2) is 18.2 Å². The van der Waals surface area contributed by atoms with Crippen molar-refractivity contribution in [3.05, 3.63) is 23.2 Å². The van der Waals surface area contributed by atoms with Crippen LogP contribution in [0.4, 0.5) is 5.69 Å². The highest BCUT2D eigenvalue weighted by Gasteiger charge is 2.22. The van der Waals surface area contributed by atoms with E-state index in [1.165, 1.54) is 0 Å². The Labute approximate surface area is 101 Å². The van der Waals surface area contributed by atoms with Crippen molar-refractivity contribution in [3.8, 4) is 5.75 Å². The first-order valence-corrected chi connectivity index (χ1v) is 5.81. The van der Waals surface area contributed by atoms with E-state index in [9.17, 15) is 0 Å². The van der Waals surface area contributed by atoms with Crippen LogP contribution in [0.1, 0.15) is 6.42 Å². The first kappa shape index (κ1) is 11.6. The average Bonchev–Trinajstić information content (AvgIpc) is 2.77. The van der Waals surface area contributed by atoms with E-state index in [4.69, 9.17) is 21.4 Å². The van der Waals surface area contributed by atoms with Crippen LogP contribution in [0.3, 0.4) is 0 Å². The van der Waals surface area contributed by atoms with Gasteiger partial charge in [-0.3, -0.25) is 0 Å². The van der Waals surface area contributed by atoms with E-state index in [0.29, 0.717) is 16.7 Å². The normalized spacial score (nSPS) is 20.2. The van der Waals surface area contributed by atoms with E-state index < -0.39 is 0 Å². The molecule has 0 aliphatic carbocycles. The average molecular weight is 242 g/mol. The lowest BCUT2D eigenvalue weighted by Crippen LogP contribution is -2.20. The molecule has 1 aromatic rings. The predicted octanol–water partition coefficient (Wildman–Crippen LogP) is 2.17. The van der Waals surface area contributed by atoms with Gasteiger partial charge in [0.2, 0.25) is 0 Å². The number of halogens is 1. The second-order valence-electron chi connectivity index (χ2n) is 4.10. The highest BCUT2D eigenvalue weighted by molar-refractivity contribution is 6.32.